The van der Waals surface area contributed by atoms with Crippen LogP contribution >= 0.6 is 0 Å². The van der Waals surface area contributed by atoms with E-state index in [1.807, 2.05) is 0 Å². The van der Waals surface area contributed by atoms with Gasteiger partial charge in [0.1, 0.15) is 5.75 Å². The Balaban J connectivity index is 1.52. The van der Waals surface area contributed by atoms with E-state index in [4.69, 9.17) is 4.74 Å². The van der Waals surface area contributed by atoms with Crippen LogP contribution in [0.5, 0.6) is 5.75 Å². The fraction of sp³-hybridized carbons (Fsp3) is 0.188. The third-order valence-electron chi connectivity index (χ3n) is 8.02. The van der Waals surface area contributed by atoms with Crippen molar-refractivity contribution >= 4 is 16.6 Å². The number of para-hydroxylation sites is 2. The van der Waals surface area contributed by atoms with Crippen LogP contribution in [-0.2, 0) is 6.42 Å². The minimum Gasteiger partial charge on any atom is -0.497 e. The summed E-state index contributed by atoms with van der Waals surface area (Å²) in [4.78, 5) is 6.53. The zero-order valence-electron chi connectivity index (χ0n) is 19.8. The largest absolute Gasteiger partial charge is 0.497 e. The first-order valence-corrected chi connectivity index (χ1v) is 12.5. The van der Waals surface area contributed by atoms with Crippen molar-refractivity contribution in [1.29, 1.82) is 0 Å². The van der Waals surface area contributed by atoms with E-state index in [0.717, 1.165) is 18.7 Å². The Morgan fingerprint density at radius 1 is 0.771 bits per heavy atom. The number of hydrogen-bond acceptors (Lipinski definition) is 2. The third-order valence-corrected chi connectivity index (χ3v) is 8.02. The first-order valence-electron chi connectivity index (χ1n) is 12.5. The molecule has 0 unspecified atom stereocenters. The molecule has 2 aliphatic rings. The average Bonchev–Trinajstić information content (AvgIpc) is 3.32. The van der Waals surface area contributed by atoms with Crippen LogP contribution in [0.2, 0.25) is 0 Å². The summed E-state index contributed by atoms with van der Waals surface area (Å²) < 4.78 is 5.51. The van der Waals surface area contributed by atoms with Gasteiger partial charge in [0.15, 0.2) is 0 Å². The smallest absolute Gasteiger partial charge is 0.118 e. The number of rotatable bonds is 3. The van der Waals surface area contributed by atoms with Crippen molar-refractivity contribution < 1.29 is 4.74 Å². The van der Waals surface area contributed by atoms with E-state index in [1.165, 1.54) is 44.5 Å². The van der Waals surface area contributed by atoms with Crippen LogP contribution in [0.15, 0.2) is 103 Å². The van der Waals surface area contributed by atoms with Crippen LogP contribution in [0.25, 0.3) is 10.9 Å². The molecule has 1 aromatic heterocycles. The van der Waals surface area contributed by atoms with Crippen LogP contribution in [0.1, 0.15) is 45.8 Å². The Hall–Kier alpha value is -3.98. The fourth-order valence-corrected chi connectivity index (χ4v) is 6.55. The third kappa shape index (κ3) is 3.11. The number of nitrogens with one attached hydrogen (secondary N) is 1. The highest BCUT2D eigenvalue weighted by Crippen LogP contribution is 2.57. The topological polar surface area (TPSA) is 28.3 Å². The minimum absolute atomic E-state index is 0.222. The lowest BCUT2D eigenvalue weighted by Gasteiger charge is -2.50. The van der Waals surface area contributed by atoms with Gasteiger partial charge in [0.2, 0.25) is 0 Å². The maximum Gasteiger partial charge on any atom is 0.118 e. The highest BCUT2D eigenvalue weighted by atomic mass is 16.5. The Labute approximate surface area is 206 Å². The molecule has 7 rings (SSSR count). The van der Waals surface area contributed by atoms with Crippen LogP contribution in [0.4, 0.5) is 5.69 Å². The molecular weight excluding hydrogens is 428 g/mol. The number of nitrogens with zero attached hydrogens (tertiary/aromatic N) is 1. The van der Waals surface area contributed by atoms with Gasteiger partial charge in [-0.2, -0.15) is 0 Å². The fourth-order valence-electron chi connectivity index (χ4n) is 6.55. The number of benzene rings is 4. The van der Waals surface area contributed by atoms with Crippen molar-refractivity contribution in [3.05, 3.63) is 131 Å². The first-order chi connectivity index (χ1) is 17.3. The number of aromatic nitrogens is 1. The summed E-state index contributed by atoms with van der Waals surface area (Å²) >= 11 is 0. The molecule has 3 nitrogen and oxygen atoms in total. The molecule has 0 saturated heterocycles. The molecule has 5 aromatic rings. The molecule has 172 valence electrons. The molecule has 0 bridgehead atoms. The van der Waals surface area contributed by atoms with Gasteiger partial charge in [-0.1, -0.05) is 78.9 Å². The number of fused-ring (bicyclic) bond motifs is 7. The van der Waals surface area contributed by atoms with Crippen LogP contribution < -0.4 is 9.64 Å². The monoisotopic (exact) mass is 456 g/mol. The van der Waals surface area contributed by atoms with E-state index >= 15 is 0 Å². The normalized spacial score (nSPS) is 20.7. The molecular formula is C32H28N2O. The molecule has 4 aromatic carbocycles. The summed E-state index contributed by atoms with van der Waals surface area (Å²) in [6.07, 6.45) is 1.05. The summed E-state index contributed by atoms with van der Waals surface area (Å²) in [7, 11) is 1.73. The maximum atomic E-state index is 5.51. The summed E-state index contributed by atoms with van der Waals surface area (Å²) in [5, 5.41) is 1.37. The summed E-state index contributed by atoms with van der Waals surface area (Å²) in [5.74, 6) is 1.40. The van der Waals surface area contributed by atoms with Crippen molar-refractivity contribution in [3.8, 4) is 5.75 Å². The van der Waals surface area contributed by atoms with E-state index in [1.54, 1.807) is 7.11 Å². The molecule has 0 spiro atoms. The van der Waals surface area contributed by atoms with Gasteiger partial charge in [-0.15, -0.1) is 0 Å². The van der Waals surface area contributed by atoms with Gasteiger partial charge in [-0.25, -0.2) is 0 Å². The predicted octanol–water partition coefficient (Wildman–Crippen LogP) is 7.21. The van der Waals surface area contributed by atoms with Crippen molar-refractivity contribution in [2.45, 2.75) is 24.3 Å². The van der Waals surface area contributed by atoms with Gasteiger partial charge in [0, 0.05) is 40.7 Å². The number of aromatic amines is 1. The lowest BCUT2D eigenvalue weighted by atomic mass is 9.67. The number of anilines is 1. The highest BCUT2D eigenvalue weighted by molar-refractivity contribution is 5.86. The second-order valence-electron chi connectivity index (χ2n) is 9.70. The van der Waals surface area contributed by atoms with Gasteiger partial charge in [-0.05, 0) is 52.9 Å². The summed E-state index contributed by atoms with van der Waals surface area (Å²) in [6, 6.07) is 37.8. The van der Waals surface area contributed by atoms with Gasteiger partial charge < -0.3 is 14.6 Å². The molecule has 0 saturated carbocycles. The van der Waals surface area contributed by atoms with E-state index in [9.17, 15) is 0 Å². The standard InChI is InChI=1S/C32H28N2O/c1-35-23-17-15-22(16-18-23)30-29(21-9-3-2-4-10-21)26-12-6-8-14-28(26)34-20-19-25-24-11-5-7-13-27(24)33-31(25)32(30)34/h2-18,29-30,32-33H,19-20H2,1H3/t29-,30+,32+/m1/s1. The molecule has 1 N–H and O–H groups in total. The quantitative estimate of drug-likeness (QED) is 0.311. The zero-order chi connectivity index (χ0) is 23.4. The highest BCUT2D eigenvalue weighted by Gasteiger charge is 2.46. The van der Waals surface area contributed by atoms with E-state index in [-0.39, 0.29) is 17.9 Å². The van der Waals surface area contributed by atoms with Crippen molar-refractivity contribution in [2.24, 2.45) is 0 Å². The molecule has 3 heterocycles. The Morgan fingerprint density at radius 3 is 2.34 bits per heavy atom. The van der Waals surface area contributed by atoms with Crippen LogP contribution in [0, 0.1) is 0 Å². The molecule has 3 heteroatoms. The second-order valence-corrected chi connectivity index (χ2v) is 9.70. The predicted molar refractivity (Wildman–Crippen MR) is 143 cm³/mol. The van der Waals surface area contributed by atoms with Crippen LogP contribution in [0.3, 0.4) is 0 Å². The average molecular weight is 457 g/mol. The lowest BCUT2D eigenvalue weighted by molar-refractivity contribution is 0.409. The van der Waals surface area contributed by atoms with Gasteiger partial charge in [0.05, 0.1) is 13.2 Å². The number of hydrogen-bond donors (Lipinski definition) is 1. The number of ether oxygens (including phenoxy) is 1. The van der Waals surface area contributed by atoms with E-state index in [2.05, 4.69) is 113 Å². The van der Waals surface area contributed by atoms with Crippen LogP contribution in [-0.4, -0.2) is 18.6 Å². The molecule has 0 radical (unpaired) electrons. The van der Waals surface area contributed by atoms with Crippen molar-refractivity contribution in [1.82, 2.24) is 4.98 Å². The summed E-state index contributed by atoms with van der Waals surface area (Å²) in [5.41, 5.74) is 9.57. The molecule has 2 aliphatic heterocycles. The second kappa shape index (κ2) is 8.06. The molecule has 3 atom stereocenters. The Morgan fingerprint density at radius 2 is 1.51 bits per heavy atom. The maximum absolute atomic E-state index is 5.51. The molecule has 35 heavy (non-hydrogen) atoms. The van der Waals surface area contributed by atoms with Gasteiger partial charge in [0.25, 0.3) is 0 Å². The van der Waals surface area contributed by atoms with Gasteiger partial charge in [-0.3, -0.25) is 0 Å². The van der Waals surface area contributed by atoms with Crippen molar-refractivity contribution in [3.63, 3.8) is 0 Å². The Bertz CT molecular complexity index is 1500. The first kappa shape index (κ1) is 20.4. The Kier molecular flexibility index (Phi) is 4.70. The SMILES string of the molecule is COc1ccc([C@H]2[C@H](c3ccccc3)c3ccccc3N3CCc4c([nH]c5ccccc45)[C@H]23)cc1. The number of H-pyrrole nitrogens is 1. The number of methoxy groups -OCH3 is 1. The summed E-state index contributed by atoms with van der Waals surface area (Å²) in [6.45, 7) is 1.02. The molecule has 0 aliphatic carbocycles. The van der Waals surface area contributed by atoms with Gasteiger partial charge >= 0.3 is 0 Å². The van der Waals surface area contributed by atoms with E-state index < -0.39 is 0 Å². The molecule has 0 fully saturated rings. The van der Waals surface area contributed by atoms with E-state index in [0.29, 0.717) is 0 Å². The zero-order valence-corrected chi connectivity index (χ0v) is 19.8. The van der Waals surface area contributed by atoms with Crippen molar-refractivity contribution in [2.75, 3.05) is 18.6 Å². The minimum atomic E-state index is 0.222. The lowest BCUT2D eigenvalue weighted by Crippen LogP contribution is -2.44. The molecule has 0 amide bonds.